The molecule has 5 heteroatoms. The van der Waals surface area contributed by atoms with E-state index in [0.717, 1.165) is 0 Å². The Morgan fingerprint density at radius 1 is 1.58 bits per heavy atom. The Balaban J connectivity index is 3.39. The number of hydrogen-bond donors (Lipinski definition) is 1. The Morgan fingerprint density at radius 2 is 2.17 bits per heavy atom. The minimum Gasteiger partial charge on any atom is -0.481 e. The van der Waals surface area contributed by atoms with Crippen LogP contribution in [0.25, 0.3) is 0 Å². The van der Waals surface area contributed by atoms with Gasteiger partial charge < -0.3 is 9.84 Å². The van der Waals surface area contributed by atoms with E-state index in [1.165, 1.54) is 6.92 Å². The van der Waals surface area contributed by atoms with Crippen molar-refractivity contribution in [2.45, 2.75) is 23.7 Å². The summed E-state index contributed by atoms with van der Waals surface area (Å²) in [5, 5.41) is 8.33. The van der Waals surface area contributed by atoms with Gasteiger partial charge in [0.2, 0.25) is 0 Å². The molecule has 0 aromatic heterocycles. The van der Waals surface area contributed by atoms with Crippen molar-refractivity contribution in [3.8, 4) is 0 Å². The molecule has 0 aromatic rings. The smallest absolute Gasteiger partial charge is 0.303 e. The number of alkyl halides is 1. The number of carboxylic acids is 1. The Labute approximate surface area is 84.4 Å². The third-order valence-corrected chi connectivity index (χ3v) is 2.12. The summed E-state index contributed by atoms with van der Waals surface area (Å²) in [5.41, 5.74) is 0. The highest BCUT2D eigenvalue weighted by Gasteiger charge is 2.08. The van der Waals surface area contributed by atoms with Gasteiger partial charge in [0.25, 0.3) is 0 Å². The molecule has 0 radical (unpaired) electrons. The fourth-order valence-electron chi connectivity index (χ4n) is 0.571. The van der Waals surface area contributed by atoms with Gasteiger partial charge in [-0.15, -0.1) is 0 Å². The zero-order valence-electron chi connectivity index (χ0n) is 6.75. The van der Waals surface area contributed by atoms with Crippen LogP contribution < -0.4 is 0 Å². The van der Waals surface area contributed by atoms with E-state index >= 15 is 0 Å². The summed E-state index contributed by atoms with van der Waals surface area (Å²) in [6.07, 6.45) is 0.651. The Morgan fingerprint density at radius 3 is 2.58 bits per heavy atom. The Bertz CT molecular complexity index is 151. The van der Waals surface area contributed by atoms with Crippen LogP contribution in [-0.4, -0.2) is 27.6 Å². The molecule has 0 aliphatic rings. The van der Waals surface area contributed by atoms with E-state index < -0.39 is 5.97 Å². The molecular weight excluding hydrogens is 275 g/mol. The first kappa shape index (κ1) is 11.7. The number of carbonyl (C=O) groups excluding carboxylic acids is 1. The van der Waals surface area contributed by atoms with Gasteiger partial charge in [0.1, 0.15) is 6.61 Å². The molecule has 0 heterocycles. The van der Waals surface area contributed by atoms with Crippen molar-refractivity contribution in [3.05, 3.63) is 0 Å². The molecule has 0 spiro atoms. The molecule has 0 fully saturated rings. The maximum Gasteiger partial charge on any atom is 0.303 e. The second kappa shape index (κ2) is 6.22. The monoisotopic (exact) mass is 286 g/mol. The fraction of sp³-hybridized carbons (Fsp3) is 0.714. The number of hydrogen-bond acceptors (Lipinski definition) is 3. The van der Waals surface area contributed by atoms with Crippen LogP contribution in [0.2, 0.25) is 0 Å². The van der Waals surface area contributed by atoms with Crippen molar-refractivity contribution in [3.63, 3.8) is 0 Å². The zero-order valence-corrected chi connectivity index (χ0v) is 8.91. The third kappa shape index (κ3) is 7.77. The molecule has 4 nitrogen and oxygen atoms in total. The predicted molar refractivity (Wildman–Crippen MR) is 51.3 cm³/mol. The van der Waals surface area contributed by atoms with E-state index in [2.05, 4.69) is 22.6 Å². The molecular formula is C7H11IO4. The average molecular weight is 286 g/mol. The molecule has 1 unspecified atom stereocenters. The summed E-state index contributed by atoms with van der Waals surface area (Å²) in [6, 6.07) is 0. The Kier molecular flexibility index (Phi) is 6.04. The van der Waals surface area contributed by atoms with E-state index in [9.17, 15) is 9.59 Å². The topological polar surface area (TPSA) is 63.6 Å². The zero-order chi connectivity index (χ0) is 9.56. The predicted octanol–water partition coefficient (Wildman–Crippen LogP) is 1.22. The first-order chi connectivity index (χ1) is 5.52. The van der Waals surface area contributed by atoms with Crippen LogP contribution in [0.3, 0.4) is 0 Å². The molecule has 0 aromatic carbocycles. The molecule has 70 valence electrons. The lowest BCUT2D eigenvalue weighted by atomic mass is 10.2. The summed E-state index contributed by atoms with van der Waals surface area (Å²) in [4.78, 5) is 20.5. The summed E-state index contributed by atoms with van der Waals surface area (Å²) in [7, 11) is 0. The lowest BCUT2D eigenvalue weighted by Crippen LogP contribution is -2.12. The third-order valence-electron chi connectivity index (χ3n) is 1.14. The summed E-state index contributed by atoms with van der Waals surface area (Å²) in [6.45, 7) is 1.63. The maximum absolute atomic E-state index is 10.3. The molecule has 1 N–H and O–H groups in total. The lowest BCUT2D eigenvalue weighted by Gasteiger charge is -2.07. The molecule has 0 bridgehead atoms. The molecule has 0 saturated carbocycles. The van der Waals surface area contributed by atoms with Crippen LogP contribution >= 0.6 is 22.6 Å². The fourth-order valence-corrected chi connectivity index (χ4v) is 1.06. The van der Waals surface area contributed by atoms with E-state index in [-0.39, 0.29) is 16.3 Å². The SMILES string of the molecule is CC(=O)OCC(I)CCC(=O)O. The summed E-state index contributed by atoms with van der Waals surface area (Å²) >= 11 is 2.07. The average Bonchev–Trinajstić information content (AvgIpc) is 1.96. The number of rotatable bonds is 5. The molecule has 0 saturated heterocycles. The number of halogens is 1. The summed E-state index contributed by atoms with van der Waals surface area (Å²) in [5.74, 6) is -1.15. The number of aliphatic carboxylic acids is 1. The van der Waals surface area contributed by atoms with Crippen molar-refractivity contribution in [2.24, 2.45) is 0 Å². The maximum atomic E-state index is 10.3. The number of carbonyl (C=O) groups is 2. The van der Waals surface area contributed by atoms with E-state index in [1.807, 2.05) is 0 Å². The minimum atomic E-state index is -0.820. The normalized spacial score (nSPS) is 12.2. The van der Waals surface area contributed by atoms with Crippen LogP contribution in [0.5, 0.6) is 0 Å². The largest absolute Gasteiger partial charge is 0.481 e. The highest BCUT2D eigenvalue weighted by Crippen LogP contribution is 2.09. The second-order valence-corrected chi connectivity index (χ2v) is 4.09. The van der Waals surface area contributed by atoms with Gasteiger partial charge in [-0.05, 0) is 6.42 Å². The highest BCUT2D eigenvalue weighted by molar-refractivity contribution is 14.1. The van der Waals surface area contributed by atoms with Crippen molar-refractivity contribution in [1.82, 2.24) is 0 Å². The van der Waals surface area contributed by atoms with E-state index in [1.54, 1.807) is 0 Å². The van der Waals surface area contributed by atoms with Crippen molar-refractivity contribution in [2.75, 3.05) is 6.61 Å². The molecule has 0 amide bonds. The van der Waals surface area contributed by atoms with Crippen LogP contribution in [0, 0.1) is 0 Å². The van der Waals surface area contributed by atoms with Crippen molar-refractivity contribution in [1.29, 1.82) is 0 Å². The molecule has 1 atom stereocenters. The van der Waals surface area contributed by atoms with Crippen LogP contribution in [0.1, 0.15) is 19.8 Å². The lowest BCUT2D eigenvalue weighted by molar-refractivity contribution is -0.140. The quantitative estimate of drug-likeness (QED) is 0.469. The van der Waals surface area contributed by atoms with Gasteiger partial charge in [-0.1, -0.05) is 22.6 Å². The van der Waals surface area contributed by atoms with Gasteiger partial charge >= 0.3 is 11.9 Å². The number of ether oxygens (including phenoxy) is 1. The van der Waals surface area contributed by atoms with Crippen LogP contribution in [0.4, 0.5) is 0 Å². The van der Waals surface area contributed by atoms with Gasteiger partial charge in [0, 0.05) is 17.3 Å². The summed E-state index contributed by atoms with van der Waals surface area (Å²) < 4.78 is 4.78. The first-order valence-electron chi connectivity index (χ1n) is 3.51. The van der Waals surface area contributed by atoms with E-state index in [4.69, 9.17) is 9.84 Å². The Hall–Kier alpha value is -0.330. The molecule has 0 aliphatic heterocycles. The first-order valence-corrected chi connectivity index (χ1v) is 4.76. The van der Waals surface area contributed by atoms with Gasteiger partial charge in [0.05, 0.1) is 0 Å². The van der Waals surface area contributed by atoms with Crippen molar-refractivity contribution >= 4 is 34.5 Å². The van der Waals surface area contributed by atoms with Crippen LogP contribution in [0.15, 0.2) is 0 Å². The van der Waals surface area contributed by atoms with Gasteiger partial charge in [0.15, 0.2) is 0 Å². The number of esters is 1. The van der Waals surface area contributed by atoms with Crippen molar-refractivity contribution < 1.29 is 19.4 Å². The van der Waals surface area contributed by atoms with Crippen LogP contribution in [-0.2, 0) is 14.3 Å². The number of carboxylic acid groups (broad SMARTS) is 1. The molecule has 0 aliphatic carbocycles. The van der Waals surface area contributed by atoms with E-state index in [0.29, 0.717) is 13.0 Å². The van der Waals surface area contributed by atoms with Gasteiger partial charge in [-0.3, -0.25) is 9.59 Å². The molecule has 0 rings (SSSR count). The van der Waals surface area contributed by atoms with Gasteiger partial charge in [-0.2, -0.15) is 0 Å². The minimum absolute atomic E-state index is 0.0857. The molecule has 12 heavy (non-hydrogen) atoms. The standard InChI is InChI=1S/C7H11IO4/c1-5(9)12-4-6(8)2-3-7(10)11/h6H,2-4H2,1H3,(H,10,11). The highest BCUT2D eigenvalue weighted by atomic mass is 127. The van der Waals surface area contributed by atoms with Gasteiger partial charge in [-0.25, -0.2) is 0 Å². The second-order valence-electron chi connectivity index (χ2n) is 2.33.